The van der Waals surface area contributed by atoms with Crippen LogP contribution in [0.15, 0.2) is 0 Å². The van der Waals surface area contributed by atoms with Crippen molar-refractivity contribution in [1.29, 1.82) is 0 Å². The molecule has 2 atom stereocenters. The summed E-state index contributed by atoms with van der Waals surface area (Å²) in [6, 6.07) is 0.279. The standard InChI is InChI=1S/C17H30N2O3/c1-17(2,3)14(8-9-20)18-16(22)12-10-15(21)19(11-12)13-6-4-5-7-13/h12-14,20H,4-11H2,1-3H3,(H,18,22). The third kappa shape index (κ3) is 4.00. The Morgan fingerprint density at radius 2 is 2.00 bits per heavy atom. The van der Waals surface area contributed by atoms with Gasteiger partial charge in [-0.1, -0.05) is 33.6 Å². The number of hydrogen-bond donors (Lipinski definition) is 2. The van der Waals surface area contributed by atoms with Crippen LogP contribution >= 0.6 is 0 Å². The van der Waals surface area contributed by atoms with Gasteiger partial charge in [0.15, 0.2) is 0 Å². The number of amides is 2. The van der Waals surface area contributed by atoms with Gasteiger partial charge in [0.25, 0.3) is 0 Å². The summed E-state index contributed by atoms with van der Waals surface area (Å²) in [6.07, 6.45) is 5.41. The highest BCUT2D eigenvalue weighted by Gasteiger charge is 2.39. The number of carbonyl (C=O) groups excluding carboxylic acids is 2. The molecule has 1 saturated heterocycles. The Morgan fingerprint density at radius 1 is 1.36 bits per heavy atom. The molecule has 5 heteroatoms. The number of carbonyl (C=O) groups is 2. The lowest BCUT2D eigenvalue weighted by molar-refractivity contribution is -0.130. The van der Waals surface area contributed by atoms with Crippen molar-refractivity contribution in [2.45, 2.75) is 71.4 Å². The Labute approximate surface area is 133 Å². The normalized spacial score (nSPS) is 24.8. The molecular formula is C17H30N2O3. The summed E-state index contributed by atoms with van der Waals surface area (Å²) in [7, 11) is 0. The molecule has 1 aliphatic carbocycles. The SMILES string of the molecule is CC(C)(C)C(CCO)NC(=O)C1CC(=O)N(C2CCCC2)C1. The maximum Gasteiger partial charge on any atom is 0.225 e. The number of nitrogens with one attached hydrogen (secondary N) is 1. The van der Waals surface area contributed by atoms with E-state index in [1.165, 1.54) is 12.8 Å². The second-order valence-corrected chi connectivity index (χ2v) is 7.82. The zero-order chi connectivity index (χ0) is 16.3. The molecule has 0 aromatic rings. The molecule has 0 spiro atoms. The Hall–Kier alpha value is -1.10. The molecule has 0 radical (unpaired) electrons. The number of hydrogen-bond acceptors (Lipinski definition) is 3. The molecule has 0 bridgehead atoms. The van der Waals surface area contributed by atoms with Crippen LogP contribution < -0.4 is 5.32 Å². The van der Waals surface area contributed by atoms with Crippen LogP contribution in [0.25, 0.3) is 0 Å². The second-order valence-electron chi connectivity index (χ2n) is 7.82. The fraction of sp³-hybridized carbons (Fsp3) is 0.882. The Balaban J connectivity index is 1.94. The van der Waals surface area contributed by atoms with Crippen LogP contribution in [0.3, 0.4) is 0 Å². The molecule has 5 nitrogen and oxygen atoms in total. The molecule has 2 unspecified atom stereocenters. The largest absolute Gasteiger partial charge is 0.396 e. The fourth-order valence-electron chi connectivity index (χ4n) is 3.62. The third-order valence-electron chi connectivity index (χ3n) is 5.07. The van der Waals surface area contributed by atoms with Gasteiger partial charge in [-0.3, -0.25) is 9.59 Å². The van der Waals surface area contributed by atoms with Crippen molar-refractivity contribution >= 4 is 11.8 Å². The maximum atomic E-state index is 12.5. The van der Waals surface area contributed by atoms with Crippen molar-refractivity contribution in [3.63, 3.8) is 0 Å². The van der Waals surface area contributed by atoms with Crippen molar-refractivity contribution in [2.75, 3.05) is 13.2 Å². The molecule has 1 aliphatic heterocycles. The van der Waals surface area contributed by atoms with Crippen LogP contribution in [0.2, 0.25) is 0 Å². The van der Waals surface area contributed by atoms with Crippen LogP contribution in [-0.2, 0) is 9.59 Å². The van der Waals surface area contributed by atoms with E-state index in [-0.39, 0.29) is 35.8 Å². The van der Waals surface area contributed by atoms with E-state index in [0.29, 0.717) is 25.4 Å². The molecule has 2 aliphatic rings. The van der Waals surface area contributed by atoms with Crippen LogP contribution in [0, 0.1) is 11.3 Å². The highest BCUT2D eigenvalue weighted by Crippen LogP contribution is 2.30. The highest BCUT2D eigenvalue weighted by molar-refractivity contribution is 5.89. The van der Waals surface area contributed by atoms with Crippen LogP contribution in [0.1, 0.15) is 59.3 Å². The monoisotopic (exact) mass is 310 g/mol. The summed E-state index contributed by atoms with van der Waals surface area (Å²) in [5, 5.41) is 12.2. The minimum Gasteiger partial charge on any atom is -0.396 e. The van der Waals surface area contributed by atoms with Crippen molar-refractivity contribution < 1.29 is 14.7 Å². The first kappa shape index (κ1) is 17.3. The summed E-state index contributed by atoms with van der Waals surface area (Å²) in [4.78, 5) is 26.6. The third-order valence-corrected chi connectivity index (χ3v) is 5.07. The molecule has 0 aromatic carbocycles. The maximum absolute atomic E-state index is 12.5. The van der Waals surface area contributed by atoms with E-state index in [2.05, 4.69) is 26.1 Å². The van der Waals surface area contributed by atoms with Gasteiger partial charge < -0.3 is 15.3 Å². The molecule has 126 valence electrons. The summed E-state index contributed by atoms with van der Waals surface area (Å²) >= 11 is 0. The Morgan fingerprint density at radius 3 is 2.55 bits per heavy atom. The first-order valence-electron chi connectivity index (χ1n) is 8.53. The number of rotatable bonds is 5. The quantitative estimate of drug-likeness (QED) is 0.812. The number of aliphatic hydroxyl groups excluding tert-OH is 1. The van der Waals surface area contributed by atoms with Crippen molar-refractivity contribution in [3.05, 3.63) is 0 Å². The van der Waals surface area contributed by atoms with Crippen LogP contribution in [0.5, 0.6) is 0 Å². The molecule has 2 fully saturated rings. The molecule has 2 rings (SSSR count). The zero-order valence-corrected chi connectivity index (χ0v) is 14.1. The average Bonchev–Trinajstić information content (AvgIpc) is 3.05. The molecular weight excluding hydrogens is 280 g/mol. The van der Waals surface area contributed by atoms with Crippen molar-refractivity contribution in [1.82, 2.24) is 10.2 Å². The van der Waals surface area contributed by atoms with Crippen LogP contribution in [0.4, 0.5) is 0 Å². The van der Waals surface area contributed by atoms with E-state index >= 15 is 0 Å². The van der Waals surface area contributed by atoms with Crippen molar-refractivity contribution in [3.8, 4) is 0 Å². The van der Waals surface area contributed by atoms with Crippen LogP contribution in [-0.4, -0.2) is 47.1 Å². The molecule has 1 saturated carbocycles. The molecule has 0 aromatic heterocycles. The average molecular weight is 310 g/mol. The second kappa shape index (κ2) is 6.99. The lowest BCUT2D eigenvalue weighted by Crippen LogP contribution is -2.47. The van der Waals surface area contributed by atoms with Gasteiger partial charge in [-0.15, -0.1) is 0 Å². The van der Waals surface area contributed by atoms with Gasteiger partial charge in [0.05, 0.1) is 5.92 Å². The Bertz CT molecular complexity index is 411. The van der Waals surface area contributed by atoms with E-state index in [1.54, 1.807) is 0 Å². The van der Waals surface area contributed by atoms with Gasteiger partial charge in [0.2, 0.25) is 11.8 Å². The molecule has 22 heavy (non-hydrogen) atoms. The summed E-state index contributed by atoms with van der Waals surface area (Å²) < 4.78 is 0. The number of nitrogens with zero attached hydrogens (tertiary/aromatic N) is 1. The number of aliphatic hydroxyl groups is 1. The molecule has 2 amide bonds. The molecule has 1 heterocycles. The minimum absolute atomic E-state index is 0.0396. The molecule has 2 N–H and O–H groups in total. The van der Waals surface area contributed by atoms with Gasteiger partial charge in [0.1, 0.15) is 0 Å². The van der Waals surface area contributed by atoms with E-state index in [4.69, 9.17) is 0 Å². The lowest BCUT2D eigenvalue weighted by Gasteiger charge is -2.32. The summed E-state index contributed by atoms with van der Waals surface area (Å²) in [6.45, 7) is 6.78. The van der Waals surface area contributed by atoms with E-state index < -0.39 is 0 Å². The Kier molecular flexibility index (Phi) is 5.48. The topological polar surface area (TPSA) is 69.6 Å². The van der Waals surface area contributed by atoms with Gasteiger partial charge >= 0.3 is 0 Å². The summed E-state index contributed by atoms with van der Waals surface area (Å²) in [5.41, 5.74) is -0.105. The van der Waals surface area contributed by atoms with Gasteiger partial charge in [-0.25, -0.2) is 0 Å². The fourth-order valence-corrected chi connectivity index (χ4v) is 3.62. The lowest BCUT2D eigenvalue weighted by atomic mass is 9.84. The zero-order valence-electron chi connectivity index (χ0n) is 14.1. The van der Waals surface area contributed by atoms with E-state index in [9.17, 15) is 14.7 Å². The van der Waals surface area contributed by atoms with E-state index in [0.717, 1.165) is 12.8 Å². The van der Waals surface area contributed by atoms with Crippen molar-refractivity contribution in [2.24, 2.45) is 11.3 Å². The predicted molar refractivity (Wildman–Crippen MR) is 85.2 cm³/mol. The van der Waals surface area contributed by atoms with Gasteiger partial charge in [-0.2, -0.15) is 0 Å². The minimum atomic E-state index is -0.239. The first-order chi connectivity index (χ1) is 10.3. The first-order valence-corrected chi connectivity index (χ1v) is 8.53. The van der Waals surface area contributed by atoms with E-state index in [1.807, 2.05) is 4.90 Å². The highest BCUT2D eigenvalue weighted by atomic mass is 16.3. The summed E-state index contributed by atoms with van der Waals surface area (Å²) in [5.74, 6) is -0.152. The van der Waals surface area contributed by atoms with Gasteiger partial charge in [0, 0.05) is 31.7 Å². The smallest absolute Gasteiger partial charge is 0.225 e. The van der Waals surface area contributed by atoms with Gasteiger partial charge in [-0.05, 0) is 24.7 Å². The predicted octanol–water partition coefficient (Wildman–Crippen LogP) is 1.69. The number of likely N-dealkylation sites (tertiary alicyclic amines) is 1.